The second-order valence-corrected chi connectivity index (χ2v) is 10.1. The Hall–Kier alpha value is -1.96. The summed E-state index contributed by atoms with van der Waals surface area (Å²) in [6.07, 6.45) is 3.28. The molecule has 1 saturated carbocycles. The van der Waals surface area contributed by atoms with Gasteiger partial charge in [-0.25, -0.2) is 0 Å². The summed E-state index contributed by atoms with van der Waals surface area (Å²) in [6.45, 7) is 4.17. The van der Waals surface area contributed by atoms with Gasteiger partial charge in [-0.3, -0.25) is 14.4 Å². The zero-order chi connectivity index (χ0) is 23.5. The van der Waals surface area contributed by atoms with E-state index in [4.69, 9.17) is 17.3 Å². The average molecular weight is 464 g/mol. The first-order valence-corrected chi connectivity index (χ1v) is 11.7. The highest BCUT2D eigenvalue weighted by molar-refractivity contribution is 6.30. The SMILES string of the molecule is CC(C)(CO)C(=O)N(C1CCC(=O)CC1)C1CCN(C(=O)C(N)Cc2ccc(Cl)cc2)C1. The molecule has 1 heterocycles. The van der Waals surface area contributed by atoms with Gasteiger partial charge < -0.3 is 20.6 Å². The standard InChI is InChI=1S/C24H34ClN3O4/c1-24(2,15-29)23(32)28(18-7-9-20(30)10-8-18)19-11-12-27(14-19)22(31)21(26)13-16-3-5-17(25)6-4-16/h3-6,18-19,21,29H,7-15,26H2,1-2H3. The third kappa shape index (κ3) is 5.69. The molecular weight excluding hydrogens is 430 g/mol. The van der Waals surface area contributed by atoms with E-state index < -0.39 is 11.5 Å². The molecule has 1 aliphatic heterocycles. The highest BCUT2D eigenvalue weighted by Gasteiger charge is 2.43. The first-order valence-electron chi connectivity index (χ1n) is 11.4. The van der Waals surface area contributed by atoms with Crippen LogP contribution >= 0.6 is 11.6 Å². The van der Waals surface area contributed by atoms with Crippen molar-refractivity contribution < 1.29 is 19.5 Å². The number of nitrogens with two attached hydrogens (primary N) is 1. The van der Waals surface area contributed by atoms with Crippen molar-refractivity contribution in [1.29, 1.82) is 0 Å². The Balaban J connectivity index is 1.69. The molecule has 1 aliphatic carbocycles. The van der Waals surface area contributed by atoms with E-state index in [-0.39, 0.29) is 36.3 Å². The molecule has 0 spiro atoms. The van der Waals surface area contributed by atoms with Crippen molar-refractivity contribution in [2.24, 2.45) is 11.1 Å². The molecule has 1 aromatic carbocycles. The van der Waals surface area contributed by atoms with E-state index in [1.54, 1.807) is 30.9 Å². The maximum atomic E-state index is 13.4. The van der Waals surface area contributed by atoms with Crippen LogP contribution in [0.15, 0.2) is 24.3 Å². The molecule has 2 atom stereocenters. The number of likely N-dealkylation sites (tertiary alicyclic amines) is 1. The Morgan fingerprint density at radius 1 is 1.19 bits per heavy atom. The molecule has 32 heavy (non-hydrogen) atoms. The number of nitrogens with zero attached hydrogens (tertiary/aromatic N) is 2. The number of aliphatic hydroxyl groups excluding tert-OH is 1. The number of Topliss-reactive ketones (excluding diaryl/α,β-unsaturated/α-hetero) is 1. The van der Waals surface area contributed by atoms with Crippen LogP contribution in [0.3, 0.4) is 0 Å². The van der Waals surface area contributed by atoms with Gasteiger partial charge in [0, 0.05) is 37.0 Å². The smallest absolute Gasteiger partial charge is 0.239 e. The van der Waals surface area contributed by atoms with Crippen molar-refractivity contribution in [2.45, 2.75) is 70.5 Å². The van der Waals surface area contributed by atoms with E-state index in [1.165, 1.54) is 0 Å². The van der Waals surface area contributed by atoms with Crippen LogP contribution in [0.2, 0.25) is 5.02 Å². The normalized spacial score (nSPS) is 21.0. The number of rotatable bonds is 7. The number of aliphatic hydroxyl groups is 1. The summed E-state index contributed by atoms with van der Waals surface area (Å²) in [5.41, 5.74) is 6.25. The van der Waals surface area contributed by atoms with Crippen molar-refractivity contribution in [3.63, 3.8) is 0 Å². The van der Waals surface area contributed by atoms with E-state index in [0.717, 1.165) is 5.56 Å². The summed E-state index contributed by atoms with van der Waals surface area (Å²) in [6, 6.07) is 6.43. The lowest BCUT2D eigenvalue weighted by atomic mass is 9.87. The third-order valence-electron chi connectivity index (χ3n) is 6.67. The third-order valence-corrected chi connectivity index (χ3v) is 6.92. The summed E-state index contributed by atoms with van der Waals surface area (Å²) in [7, 11) is 0. The molecule has 0 bridgehead atoms. The number of carbonyl (C=O) groups is 3. The van der Waals surface area contributed by atoms with Crippen molar-refractivity contribution in [3.8, 4) is 0 Å². The van der Waals surface area contributed by atoms with Crippen molar-refractivity contribution >= 4 is 29.2 Å². The van der Waals surface area contributed by atoms with Crippen LogP contribution < -0.4 is 5.73 Å². The minimum atomic E-state index is -0.913. The molecule has 2 unspecified atom stereocenters. The Bertz CT molecular complexity index is 832. The summed E-state index contributed by atoms with van der Waals surface area (Å²) in [5.74, 6) is -0.0225. The van der Waals surface area contributed by atoms with Gasteiger partial charge in [0.25, 0.3) is 0 Å². The van der Waals surface area contributed by atoms with Gasteiger partial charge >= 0.3 is 0 Å². The van der Waals surface area contributed by atoms with Crippen molar-refractivity contribution in [2.75, 3.05) is 19.7 Å². The monoisotopic (exact) mass is 463 g/mol. The summed E-state index contributed by atoms with van der Waals surface area (Å²) < 4.78 is 0. The van der Waals surface area contributed by atoms with Crippen LogP contribution in [-0.2, 0) is 20.8 Å². The fourth-order valence-electron chi connectivity index (χ4n) is 4.61. The molecule has 0 aromatic heterocycles. The fraction of sp³-hybridized carbons (Fsp3) is 0.625. The lowest BCUT2D eigenvalue weighted by Gasteiger charge is -2.42. The number of ketones is 1. The molecule has 3 N–H and O–H groups in total. The summed E-state index contributed by atoms with van der Waals surface area (Å²) in [4.78, 5) is 41.7. The molecule has 1 saturated heterocycles. The van der Waals surface area contributed by atoms with Gasteiger partial charge in [0.15, 0.2) is 0 Å². The molecule has 3 rings (SSSR count). The van der Waals surface area contributed by atoms with E-state index in [9.17, 15) is 19.5 Å². The Morgan fingerprint density at radius 3 is 2.41 bits per heavy atom. The average Bonchev–Trinajstić information content (AvgIpc) is 3.25. The number of hydrogen-bond acceptors (Lipinski definition) is 5. The highest BCUT2D eigenvalue weighted by Crippen LogP contribution is 2.31. The van der Waals surface area contributed by atoms with Gasteiger partial charge in [0.05, 0.1) is 24.1 Å². The molecule has 2 amide bonds. The largest absolute Gasteiger partial charge is 0.395 e. The number of hydrogen-bond donors (Lipinski definition) is 2. The van der Waals surface area contributed by atoms with Gasteiger partial charge in [-0.1, -0.05) is 23.7 Å². The van der Waals surface area contributed by atoms with Crippen LogP contribution in [0.5, 0.6) is 0 Å². The maximum absolute atomic E-state index is 13.4. The molecule has 7 nitrogen and oxygen atoms in total. The van der Waals surface area contributed by atoms with Gasteiger partial charge in [0.1, 0.15) is 5.78 Å². The maximum Gasteiger partial charge on any atom is 0.239 e. The molecular formula is C24H34ClN3O4. The van der Waals surface area contributed by atoms with Crippen LogP contribution in [-0.4, -0.2) is 70.3 Å². The summed E-state index contributed by atoms with van der Waals surface area (Å²) >= 11 is 5.93. The number of halogens is 1. The lowest BCUT2D eigenvalue weighted by Crippen LogP contribution is -2.55. The molecule has 2 fully saturated rings. The van der Waals surface area contributed by atoms with Gasteiger partial charge in [0.2, 0.25) is 11.8 Å². The first-order chi connectivity index (χ1) is 15.1. The topological polar surface area (TPSA) is 104 Å². The van der Waals surface area contributed by atoms with Crippen LogP contribution in [0, 0.1) is 5.41 Å². The Labute approximate surface area is 194 Å². The van der Waals surface area contributed by atoms with Crippen LogP contribution in [0.25, 0.3) is 0 Å². The van der Waals surface area contributed by atoms with Crippen LogP contribution in [0.4, 0.5) is 0 Å². The first kappa shape index (κ1) is 24.7. The zero-order valence-electron chi connectivity index (χ0n) is 18.9. The van der Waals surface area contributed by atoms with Crippen molar-refractivity contribution in [3.05, 3.63) is 34.9 Å². The molecule has 176 valence electrons. The van der Waals surface area contributed by atoms with E-state index in [0.29, 0.717) is 56.6 Å². The second-order valence-electron chi connectivity index (χ2n) is 9.69. The Kier molecular flexibility index (Phi) is 7.96. The zero-order valence-corrected chi connectivity index (χ0v) is 19.7. The van der Waals surface area contributed by atoms with E-state index in [2.05, 4.69) is 0 Å². The number of carbonyl (C=O) groups excluding carboxylic acids is 3. The minimum Gasteiger partial charge on any atom is -0.395 e. The lowest BCUT2D eigenvalue weighted by molar-refractivity contribution is -0.149. The van der Waals surface area contributed by atoms with Crippen molar-refractivity contribution in [1.82, 2.24) is 9.80 Å². The number of amides is 2. The number of benzene rings is 1. The van der Waals surface area contributed by atoms with E-state index in [1.807, 2.05) is 17.0 Å². The van der Waals surface area contributed by atoms with Crippen LogP contribution in [0.1, 0.15) is 51.5 Å². The predicted octanol–water partition coefficient (Wildman–Crippen LogP) is 2.17. The minimum absolute atomic E-state index is 0.0474. The van der Waals surface area contributed by atoms with Gasteiger partial charge in [-0.05, 0) is 57.2 Å². The quantitative estimate of drug-likeness (QED) is 0.644. The fourth-order valence-corrected chi connectivity index (χ4v) is 4.74. The predicted molar refractivity (Wildman–Crippen MR) is 123 cm³/mol. The second kappa shape index (κ2) is 10.3. The van der Waals surface area contributed by atoms with Gasteiger partial charge in [-0.15, -0.1) is 0 Å². The van der Waals surface area contributed by atoms with E-state index >= 15 is 0 Å². The van der Waals surface area contributed by atoms with Gasteiger partial charge in [-0.2, -0.15) is 0 Å². The molecule has 2 aliphatic rings. The Morgan fingerprint density at radius 2 is 1.81 bits per heavy atom. The molecule has 1 aromatic rings. The summed E-state index contributed by atoms with van der Waals surface area (Å²) in [5, 5.41) is 10.4. The highest BCUT2D eigenvalue weighted by atomic mass is 35.5. The molecule has 0 radical (unpaired) electrons. The molecule has 8 heteroatoms.